The molecule has 2 aliphatic heterocycles. The van der Waals surface area contributed by atoms with Gasteiger partial charge in [-0.25, -0.2) is 9.59 Å². The van der Waals surface area contributed by atoms with Gasteiger partial charge in [0, 0.05) is 25.2 Å². The molecule has 0 atom stereocenters. The van der Waals surface area contributed by atoms with Crippen molar-refractivity contribution in [2.45, 2.75) is 25.7 Å². The Hall–Kier alpha value is -2.87. The van der Waals surface area contributed by atoms with E-state index < -0.39 is 11.9 Å². The lowest BCUT2D eigenvalue weighted by molar-refractivity contribution is -0.140. The second-order valence-corrected chi connectivity index (χ2v) is 6.97. The van der Waals surface area contributed by atoms with Gasteiger partial charge in [0.15, 0.2) is 0 Å². The van der Waals surface area contributed by atoms with Crippen LogP contribution in [0.3, 0.4) is 0 Å². The fraction of sp³-hybridized carbons (Fsp3) is 0.476. The van der Waals surface area contributed by atoms with Gasteiger partial charge in [-0.15, -0.1) is 0 Å². The zero-order chi connectivity index (χ0) is 20.8. The number of amides is 1. The van der Waals surface area contributed by atoms with Gasteiger partial charge in [0.25, 0.3) is 0 Å². The van der Waals surface area contributed by atoms with E-state index in [0.29, 0.717) is 18.5 Å². The molecule has 29 heavy (non-hydrogen) atoms. The van der Waals surface area contributed by atoms with E-state index in [4.69, 9.17) is 14.2 Å². The maximum atomic E-state index is 12.3. The van der Waals surface area contributed by atoms with Crippen LogP contribution in [0.2, 0.25) is 0 Å². The Kier molecular flexibility index (Phi) is 6.87. The summed E-state index contributed by atoms with van der Waals surface area (Å²) in [6.07, 6.45) is 3.30. The first-order chi connectivity index (χ1) is 14.0. The number of aryl methyl sites for hydroxylation is 1. The van der Waals surface area contributed by atoms with Crippen LogP contribution in [0.4, 0.5) is 5.69 Å². The Morgan fingerprint density at radius 2 is 1.66 bits per heavy atom. The SMILES string of the molecule is COC(=O)C1=C(C(=O)OC)N(c2ccc(CCC(=O)N3CCCC3)cc2)COC1. The summed E-state index contributed by atoms with van der Waals surface area (Å²) < 4.78 is 15.1. The summed E-state index contributed by atoms with van der Waals surface area (Å²) in [6, 6.07) is 7.49. The van der Waals surface area contributed by atoms with Crippen LogP contribution in [0.1, 0.15) is 24.8 Å². The first-order valence-electron chi connectivity index (χ1n) is 9.67. The number of ether oxygens (including phenoxy) is 3. The minimum absolute atomic E-state index is 0.0235. The third kappa shape index (κ3) is 4.76. The summed E-state index contributed by atoms with van der Waals surface area (Å²) in [5.74, 6) is -1.07. The first kappa shape index (κ1) is 20.9. The second kappa shape index (κ2) is 9.56. The van der Waals surface area contributed by atoms with Crippen LogP contribution in [0.5, 0.6) is 0 Å². The highest BCUT2D eigenvalue weighted by molar-refractivity contribution is 6.03. The molecule has 156 valence electrons. The molecule has 0 saturated carbocycles. The van der Waals surface area contributed by atoms with Crippen LogP contribution in [-0.4, -0.2) is 63.4 Å². The van der Waals surface area contributed by atoms with E-state index in [9.17, 15) is 14.4 Å². The van der Waals surface area contributed by atoms with Crippen LogP contribution in [0.25, 0.3) is 0 Å². The molecular formula is C21H26N2O6. The average Bonchev–Trinajstić information content (AvgIpc) is 3.31. The molecule has 0 aliphatic carbocycles. The monoisotopic (exact) mass is 402 g/mol. The number of carbonyl (C=O) groups excluding carboxylic acids is 3. The van der Waals surface area contributed by atoms with E-state index in [1.807, 2.05) is 29.2 Å². The summed E-state index contributed by atoms with van der Waals surface area (Å²) in [7, 11) is 2.51. The van der Waals surface area contributed by atoms with Gasteiger partial charge in [0.05, 0.1) is 26.4 Å². The lowest BCUT2D eigenvalue weighted by atomic mass is 10.1. The fourth-order valence-electron chi connectivity index (χ4n) is 3.57. The molecule has 0 aromatic heterocycles. The van der Waals surface area contributed by atoms with E-state index in [-0.39, 0.29) is 30.5 Å². The van der Waals surface area contributed by atoms with E-state index in [1.165, 1.54) is 14.2 Å². The summed E-state index contributed by atoms with van der Waals surface area (Å²) in [5, 5.41) is 0. The number of hydrogen-bond donors (Lipinski definition) is 0. The number of carbonyl (C=O) groups is 3. The second-order valence-electron chi connectivity index (χ2n) is 6.97. The molecule has 0 unspecified atom stereocenters. The molecule has 1 amide bonds. The fourth-order valence-corrected chi connectivity index (χ4v) is 3.57. The largest absolute Gasteiger partial charge is 0.466 e. The van der Waals surface area contributed by atoms with Crippen molar-refractivity contribution in [1.29, 1.82) is 0 Å². The molecule has 0 bridgehead atoms. The maximum Gasteiger partial charge on any atom is 0.355 e. The zero-order valence-corrected chi connectivity index (χ0v) is 16.8. The Morgan fingerprint density at radius 3 is 2.28 bits per heavy atom. The van der Waals surface area contributed by atoms with E-state index in [0.717, 1.165) is 31.5 Å². The van der Waals surface area contributed by atoms with Crippen molar-refractivity contribution in [2.75, 3.05) is 45.5 Å². The topological polar surface area (TPSA) is 85.4 Å². The van der Waals surface area contributed by atoms with Gasteiger partial charge in [-0.2, -0.15) is 0 Å². The summed E-state index contributed by atoms with van der Waals surface area (Å²) >= 11 is 0. The number of rotatable bonds is 6. The number of anilines is 1. The highest BCUT2D eigenvalue weighted by Gasteiger charge is 2.32. The number of likely N-dealkylation sites (tertiary alicyclic amines) is 1. The van der Waals surface area contributed by atoms with Crippen LogP contribution < -0.4 is 4.90 Å². The van der Waals surface area contributed by atoms with Crippen molar-refractivity contribution >= 4 is 23.5 Å². The van der Waals surface area contributed by atoms with Crippen molar-refractivity contribution in [1.82, 2.24) is 4.90 Å². The van der Waals surface area contributed by atoms with Crippen LogP contribution in [0, 0.1) is 0 Å². The molecule has 2 heterocycles. The lowest BCUT2D eigenvalue weighted by Gasteiger charge is -2.31. The first-order valence-corrected chi connectivity index (χ1v) is 9.67. The molecule has 1 saturated heterocycles. The minimum Gasteiger partial charge on any atom is -0.466 e. The summed E-state index contributed by atoms with van der Waals surface area (Å²) in [5.41, 5.74) is 1.94. The Labute approximate surface area is 170 Å². The molecule has 0 radical (unpaired) electrons. The number of benzene rings is 1. The molecule has 3 rings (SSSR count). The molecule has 0 N–H and O–H groups in total. The normalized spacial score (nSPS) is 16.8. The molecule has 1 aromatic carbocycles. The molecule has 8 nitrogen and oxygen atoms in total. The third-order valence-electron chi connectivity index (χ3n) is 5.17. The highest BCUT2D eigenvalue weighted by Crippen LogP contribution is 2.27. The number of esters is 2. The van der Waals surface area contributed by atoms with E-state index in [1.54, 1.807) is 4.90 Å². The lowest BCUT2D eigenvalue weighted by Crippen LogP contribution is -2.38. The van der Waals surface area contributed by atoms with Crippen LogP contribution in [-0.2, 0) is 35.0 Å². The third-order valence-corrected chi connectivity index (χ3v) is 5.17. The molecule has 0 spiro atoms. The maximum absolute atomic E-state index is 12.3. The van der Waals surface area contributed by atoms with Gasteiger partial charge in [0.2, 0.25) is 5.91 Å². The Bertz CT molecular complexity index is 796. The van der Waals surface area contributed by atoms with Crippen molar-refractivity contribution in [3.8, 4) is 0 Å². The number of hydrogen-bond acceptors (Lipinski definition) is 7. The van der Waals surface area contributed by atoms with Gasteiger partial charge in [-0.1, -0.05) is 12.1 Å². The number of methoxy groups -OCH3 is 2. The Morgan fingerprint density at radius 1 is 1.00 bits per heavy atom. The predicted octanol–water partition coefficient (Wildman–Crippen LogP) is 1.64. The van der Waals surface area contributed by atoms with Crippen molar-refractivity contribution < 1.29 is 28.6 Å². The van der Waals surface area contributed by atoms with Crippen LogP contribution in [0.15, 0.2) is 35.5 Å². The standard InChI is InChI=1S/C21H26N2O6/c1-27-20(25)17-13-29-14-23(19(17)21(26)28-2)16-8-5-15(6-9-16)7-10-18(24)22-11-3-4-12-22/h5-6,8-9H,3-4,7,10-14H2,1-2H3. The molecular weight excluding hydrogens is 376 g/mol. The molecule has 2 aliphatic rings. The van der Waals surface area contributed by atoms with Gasteiger partial charge in [-0.3, -0.25) is 4.79 Å². The van der Waals surface area contributed by atoms with Crippen molar-refractivity contribution in [2.24, 2.45) is 0 Å². The summed E-state index contributed by atoms with van der Waals surface area (Å²) in [4.78, 5) is 40.1. The average molecular weight is 402 g/mol. The zero-order valence-electron chi connectivity index (χ0n) is 16.8. The molecule has 1 fully saturated rings. The van der Waals surface area contributed by atoms with Gasteiger partial charge in [-0.05, 0) is 37.0 Å². The molecule has 1 aromatic rings. The Balaban J connectivity index is 1.74. The van der Waals surface area contributed by atoms with Gasteiger partial charge < -0.3 is 24.0 Å². The quantitative estimate of drug-likeness (QED) is 0.669. The van der Waals surface area contributed by atoms with Gasteiger partial charge >= 0.3 is 11.9 Å². The summed E-state index contributed by atoms with van der Waals surface area (Å²) in [6.45, 7) is 1.80. The molecule has 8 heteroatoms. The van der Waals surface area contributed by atoms with Crippen molar-refractivity contribution in [3.63, 3.8) is 0 Å². The van der Waals surface area contributed by atoms with E-state index >= 15 is 0 Å². The van der Waals surface area contributed by atoms with Gasteiger partial charge in [0.1, 0.15) is 12.4 Å². The highest BCUT2D eigenvalue weighted by atomic mass is 16.5. The minimum atomic E-state index is -0.632. The predicted molar refractivity (Wildman–Crippen MR) is 105 cm³/mol. The van der Waals surface area contributed by atoms with Crippen molar-refractivity contribution in [3.05, 3.63) is 41.1 Å². The van der Waals surface area contributed by atoms with Crippen LogP contribution >= 0.6 is 0 Å². The van der Waals surface area contributed by atoms with E-state index in [2.05, 4.69) is 0 Å². The smallest absolute Gasteiger partial charge is 0.355 e. The number of nitrogens with zero attached hydrogens (tertiary/aromatic N) is 2.